The third-order valence-corrected chi connectivity index (χ3v) is 2.84. The molecule has 0 fully saturated rings. The highest BCUT2D eigenvalue weighted by Crippen LogP contribution is 2.30. The summed E-state index contributed by atoms with van der Waals surface area (Å²) in [5, 5.41) is 0. The van der Waals surface area contributed by atoms with Crippen LogP contribution in [0.3, 0.4) is 0 Å². The van der Waals surface area contributed by atoms with E-state index in [4.69, 9.17) is 16.3 Å². The molecular formula is C11H11BrClF3O. The summed E-state index contributed by atoms with van der Waals surface area (Å²) in [5.41, 5.74) is 1.44. The molecule has 0 aliphatic carbocycles. The Bertz CT molecular complexity index is 393. The second-order valence-corrected chi connectivity index (χ2v) is 4.74. The number of benzene rings is 1. The van der Waals surface area contributed by atoms with Crippen LogP contribution in [-0.4, -0.2) is 12.8 Å². The van der Waals surface area contributed by atoms with Crippen LogP contribution < -0.4 is 4.74 Å². The standard InChI is InChI=1S/C11H11BrClF3O/c1-7-4-9(12)5-8(6-13)10(7)17-3-2-11(14,15)16/h4-5H,2-3,6H2,1H3. The van der Waals surface area contributed by atoms with E-state index in [2.05, 4.69) is 15.9 Å². The lowest BCUT2D eigenvalue weighted by Crippen LogP contribution is -2.13. The molecule has 1 nitrogen and oxygen atoms in total. The summed E-state index contributed by atoms with van der Waals surface area (Å²) in [6.45, 7) is 1.37. The number of halogens is 5. The zero-order chi connectivity index (χ0) is 13.1. The number of hydrogen-bond acceptors (Lipinski definition) is 1. The Kier molecular flexibility index (Phi) is 5.13. The summed E-state index contributed by atoms with van der Waals surface area (Å²) in [7, 11) is 0. The van der Waals surface area contributed by atoms with Gasteiger partial charge in [-0.05, 0) is 24.6 Å². The number of alkyl halides is 4. The van der Waals surface area contributed by atoms with Gasteiger partial charge in [-0.25, -0.2) is 0 Å². The number of rotatable bonds is 4. The molecule has 0 aliphatic rings. The first kappa shape index (κ1) is 14.6. The normalized spacial score (nSPS) is 11.6. The lowest BCUT2D eigenvalue weighted by molar-refractivity contribution is -0.139. The maximum absolute atomic E-state index is 12.0. The second kappa shape index (κ2) is 5.96. The van der Waals surface area contributed by atoms with Crippen molar-refractivity contribution in [2.24, 2.45) is 0 Å². The fraction of sp³-hybridized carbons (Fsp3) is 0.455. The van der Waals surface area contributed by atoms with E-state index in [1.54, 1.807) is 19.1 Å². The van der Waals surface area contributed by atoms with Crippen LogP contribution in [0.4, 0.5) is 13.2 Å². The van der Waals surface area contributed by atoms with Gasteiger partial charge in [-0.3, -0.25) is 0 Å². The van der Waals surface area contributed by atoms with Crippen molar-refractivity contribution >= 4 is 27.5 Å². The molecule has 0 spiro atoms. The fourth-order valence-electron chi connectivity index (χ4n) is 1.37. The average Bonchev–Trinajstić information content (AvgIpc) is 2.18. The van der Waals surface area contributed by atoms with Crippen molar-refractivity contribution in [1.29, 1.82) is 0 Å². The van der Waals surface area contributed by atoms with Gasteiger partial charge in [0.15, 0.2) is 0 Å². The molecule has 0 unspecified atom stereocenters. The summed E-state index contributed by atoms with van der Waals surface area (Å²) in [6, 6.07) is 3.52. The molecule has 0 aliphatic heterocycles. The number of ether oxygens (including phenoxy) is 1. The van der Waals surface area contributed by atoms with Gasteiger partial charge in [-0.15, -0.1) is 11.6 Å². The van der Waals surface area contributed by atoms with Crippen molar-refractivity contribution in [2.75, 3.05) is 6.61 Å². The van der Waals surface area contributed by atoms with E-state index < -0.39 is 19.2 Å². The minimum absolute atomic E-state index is 0.196. The van der Waals surface area contributed by atoms with Gasteiger partial charge >= 0.3 is 6.18 Å². The van der Waals surface area contributed by atoms with Gasteiger partial charge in [0.05, 0.1) is 18.9 Å². The topological polar surface area (TPSA) is 9.23 Å². The van der Waals surface area contributed by atoms with Crippen LogP contribution in [-0.2, 0) is 5.88 Å². The van der Waals surface area contributed by atoms with Crippen molar-refractivity contribution in [1.82, 2.24) is 0 Å². The van der Waals surface area contributed by atoms with Gasteiger partial charge in [-0.1, -0.05) is 15.9 Å². The van der Waals surface area contributed by atoms with Gasteiger partial charge in [0.25, 0.3) is 0 Å². The highest BCUT2D eigenvalue weighted by molar-refractivity contribution is 9.10. The van der Waals surface area contributed by atoms with Crippen LogP contribution >= 0.6 is 27.5 Å². The number of hydrogen-bond donors (Lipinski definition) is 0. The van der Waals surface area contributed by atoms with Crippen molar-refractivity contribution in [3.05, 3.63) is 27.7 Å². The molecule has 0 atom stereocenters. The van der Waals surface area contributed by atoms with Crippen LogP contribution in [0.1, 0.15) is 17.5 Å². The molecule has 0 amide bonds. The molecule has 1 rings (SSSR count). The predicted octanol–water partition coefficient (Wildman–Crippen LogP) is 4.83. The summed E-state index contributed by atoms with van der Waals surface area (Å²) in [4.78, 5) is 0. The molecular weight excluding hydrogens is 320 g/mol. The fourth-order valence-corrected chi connectivity index (χ4v) is 2.19. The highest BCUT2D eigenvalue weighted by atomic mass is 79.9. The lowest BCUT2D eigenvalue weighted by Gasteiger charge is -2.14. The lowest BCUT2D eigenvalue weighted by atomic mass is 10.1. The van der Waals surface area contributed by atoms with Gasteiger partial charge in [0.1, 0.15) is 5.75 Å². The van der Waals surface area contributed by atoms with Crippen molar-refractivity contribution in [2.45, 2.75) is 25.4 Å². The first-order valence-electron chi connectivity index (χ1n) is 4.88. The van der Waals surface area contributed by atoms with E-state index in [-0.39, 0.29) is 5.88 Å². The summed E-state index contributed by atoms with van der Waals surface area (Å²) < 4.78 is 42.0. The monoisotopic (exact) mass is 330 g/mol. The minimum atomic E-state index is -4.20. The Hall–Kier alpha value is -0.420. The zero-order valence-corrected chi connectivity index (χ0v) is 11.4. The van der Waals surface area contributed by atoms with Crippen LogP contribution in [0, 0.1) is 6.92 Å². The summed E-state index contributed by atoms with van der Waals surface area (Å²) in [5.74, 6) is 0.634. The van der Waals surface area contributed by atoms with Crippen molar-refractivity contribution < 1.29 is 17.9 Å². The quantitative estimate of drug-likeness (QED) is 0.718. The van der Waals surface area contributed by atoms with Gasteiger partial charge in [0.2, 0.25) is 0 Å². The molecule has 6 heteroatoms. The third-order valence-electron chi connectivity index (χ3n) is 2.09. The average molecular weight is 332 g/mol. The third kappa shape index (κ3) is 4.76. The SMILES string of the molecule is Cc1cc(Br)cc(CCl)c1OCCC(F)(F)F. The molecule has 0 bridgehead atoms. The van der Waals surface area contributed by atoms with Gasteiger partial charge < -0.3 is 4.74 Å². The first-order valence-corrected chi connectivity index (χ1v) is 6.21. The van der Waals surface area contributed by atoms with E-state index in [1.807, 2.05) is 0 Å². The minimum Gasteiger partial charge on any atom is -0.493 e. The predicted molar refractivity (Wildman–Crippen MR) is 64.6 cm³/mol. The Balaban J connectivity index is 2.76. The second-order valence-electron chi connectivity index (χ2n) is 3.56. The molecule has 0 N–H and O–H groups in total. The van der Waals surface area contributed by atoms with E-state index in [0.29, 0.717) is 11.3 Å². The molecule has 0 heterocycles. The zero-order valence-electron chi connectivity index (χ0n) is 9.07. The van der Waals surface area contributed by atoms with Crippen molar-refractivity contribution in [3.63, 3.8) is 0 Å². The molecule has 17 heavy (non-hydrogen) atoms. The smallest absolute Gasteiger partial charge is 0.392 e. The van der Waals surface area contributed by atoms with Gasteiger partial charge in [0, 0.05) is 10.0 Å². The number of aryl methyl sites for hydroxylation is 1. The molecule has 1 aromatic carbocycles. The molecule has 1 aromatic rings. The van der Waals surface area contributed by atoms with Crippen LogP contribution in [0.15, 0.2) is 16.6 Å². The Morgan fingerprint density at radius 2 is 2.00 bits per heavy atom. The Labute approximate surface area is 111 Å². The summed E-state index contributed by atoms with van der Waals surface area (Å²) >= 11 is 9.02. The largest absolute Gasteiger partial charge is 0.493 e. The van der Waals surface area contributed by atoms with Crippen molar-refractivity contribution in [3.8, 4) is 5.75 Å². The Morgan fingerprint density at radius 3 is 2.53 bits per heavy atom. The first-order chi connectivity index (χ1) is 7.83. The maximum Gasteiger partial charge on any atom is 0.392 e. The van der Waals surface area contributed by atoms with E-state index in [0.717, 1.165) is 10.0 Å². The van der Waals surface area contributed by atoms with E-state index in [1.165, 1.54) is 0 Å². The molecule has 0 saturated carbocycles. The maximum atomic E-state index is 12.0. The molecule has 0 aromatic heterocycles. The van der Waals surface area contributed by atoms with E-state index in [9.17, 15) is 13.2 Å². The molecule has 96 valence electrons. The summed E-state index contributed by atoms with van der Waals surface area (Å²) in [6.07, 6.45) is -5.17. The molecule has 0 radical (unpaired) electrons. The van der Waals surface area contributed by atoms with Gasteiger partial charge in [-0.2, -0.15) is 13.2 Å². The van der Waals surface area contributed by atoms with Crippen LogP contribution in [0.2, 0.25) is 0 Å². The van der Waals surface area contributed by atoms with E-state index >= 15 is 0 Å². The van der Waals surface area contributed by atoms with Crippen LogP contribution in [0.5, 0.6) is 5.75 Å². The van der Waals surface area contributed by atoms with Crippen LogP contribution in [0.25, 0.3) is 0 Å². The molecule has 0 saturated heterocycles. The Morgan fingerprint density at radius 1 is 1.35 bits per heavy atom. The highest BCUT2D eigenvalue weighted by Gasteiger charge is 2.27.